The summed E-state index contributed by atoms with van der Waals surface area (Å²) in [7, 11) is 3.61. The van der Waals surface area contributed by atoms with Gasteiger partial charge in [0.05, 0.1) is 13.2 Å². The Hall–Kier alpha value is -1.53. The van der Waals surface area contributed by atoms with Crippen LogP contribution < -0.4 is 4.74 Å². The summed E-state index contributed by atoms with van der Waals surface area (Å²) in [5.74, 6) is 0.818. The minimum atomic E-state index is -0.175. The normalized spacial score (nSPS) is 12.2. The molecule has 0 saturated heterocycles. The smallest absolute Gasteiger partial charge is 0.123 e. The molecule has 0 bridgehead atoms. The molecular weight excluding hydrogens is 200 g/mol. The Bertz CT molecular complexity index is 353. The highest BCUT2D eigenvalue weighted by Gasteiger charge is 2.15. The quantitative estimate of drug-likeness (QED) is 0.762. The van der Waals surface area contributed by atoms with Crippen molar-refractivity contribution in [3.8, 4) is 11.8 Å². The second kappa shape index (κ2) is 6.14. The molecule has 3 heteroatoms. The van der Waals surface area contributed by atoms with Gasteiger partial charge in [0.1, 0.15) is 11.8 Å². The third-order valence-corrected chi connectivity index (χ3v) is 2.57. The maximum Gasteiger partial charge on any atom is 0.123 e. The minimum absolute atomic E-state index is 0.175. The largest absolute Gasteiger partial charge is 0.497 e. The average Bonchev–Trinajstić information content (AvgIpc) is 2.31. The lowest BCUT2D eigenvalue weighted by molar-refractivity contribution is 0.292. The Labute approximate surface area is 97.3 Å². The molecule has 0 heterocycles. The monoisotopic (exact) mass is 218 g/mol. The fourth-order valence-electron chi connectivity index (χ4n) is 1.70. The molecule has 1 rings (SSSR count). The number of nitriles is 1. The SMILES string of the molecule is CCCN(C)C(C#N)c1ccc(OC)cc1. The fraction of sp³-hybridized carbons (Fsp3) is 0.462. The molecule has 0 aliphatic carbocycles. The third kappa shape index (κ3) is 2.98. The van der Waals surface area contributed by atoms with Crippen LogP contribution in [-0.4, -0.2) is 25.6 Å². The van der Waals surface area contributed by atoms with Crippen LogP contribution in [0.2, 0.25) is 0 Å². The van der Waals surface area contributed by atoms with Crippen molar-refractivity contribution in [3.05, 3.63) is 29.8 Å². The van der Waals surface area contributed by atoms with Crippen molar-refractivity contribution in [3.63, 3.8) is 0 Å². The summed E-state index contributed by atoms with van der Waals surface area (Å²) in [4.78, 5) is 2.06. The van der Waals surface area contributed by atoms with E-state index in [0.29, 0.717) is 0 Å². The number of nitrogens with zero attached hydrogens (tertiary/aromatic N) is 2. The van der Waals surface area contributed by atoms with Crippen LogP contribution in [0.25, 0.3) is 0 Å². The molecule has 3 nitrogen and oxygen atoms in total. The molecule has 0 N–H and O–H groups in total. The molecule has 1 aromatic rings. The predicted octanol–water partition coefficient (Wildman–Crippen LogP) is 2.60. The van der Waals surface area contributed by atoms with Gasteiger partial charge in [-0.3, -0.25) is 4.90 Å². The van der Waals surface area contributed by atoms with Crippen LogP contribution in [0, 0.1) is 11.3 Å². The van der Waals surface area contributed by atoms with Crippen LogP contribution in [0.1, 0.15) is 24.9 Å². The van der Waals surface area contributed by atoms with Crippen LogP contribution in [0.3, 0.4) is 0 Å². The van der Waals surface area contributed by atoms with E-state index in [2.05, 4.69) is 17.9 Å². The van der Waals surface area contributed by atoms with Gasteiger partial charge in [-0.25, -0.2) is 0 Å². The first kappa shape index (κ1) is 12.5. The lowest BCUT2D eigenvalue weighted by Gasteiger charge is -2.22. The van der Waals surface area contributed by atoms with Crippen molar-refractivity contribution in [1.82, 2.24) is 4.90 Å². The zero-order valence-electron chi connectivity index (χ0n) is 10.1. The summed E-state index contributed by atoms with van der Waals surface area (Å²) in [6.45, 7) is 3.03. The standard InChI is InChI=1S/C13H18N2O/c1-4-9-15(2)13(10-14)11-5-7-12(16-3)8-6-11/h5-8,13H,4,9H2,1-3H3. The van der Waals surface area contributed by atoms with E-state index < -0.39 is 0 Å². The van der Waals surface area contributed by atoms with E-state index in [4.69, 9.17) is 4.74 Å². The maximum atomic E-state index is 9.18. The van der Waals surface area contributed by atoms with Crippen molar-refractivity contribution in [2.45, 2.75) is 19.4 Å². The summed E-state index contributed by atoms with van der Waals surface area (Å²) >= 11 is 0. The van der Waals surface area contributed by atoms with Gasteiger partial charge < -0.3 is 4.74 Å². The minimum Gasteiger partial charge on any atom is -0.497 e. The summed E-state index contributed by atoms with van der Waals surface area (Å²) < 4.78 is 5.09. The molecule has 0 saturated carbocycles. The Kier molecular flexibility index (Phi) is 4.81. The van der Waals surface area contributed by atoms with Crippen LogP contribution in [0.15, 0.2) is 24.3 Å². The van der Waals surface area contributed by atoms with Crippen LogP contribution in [0.5, 0.6) is 5.75 Å². The number of hydrogen-bond donors (Lipinski definition) is 0. The molecule has 0 aliphatic rings. The van der Waals surface area contributed by atoms with E-state index in [-0.39, 0.29) is 6.04 Å². The second-order valence-corrected chi connectivity index (χ2v) is 3.79. The van der Waals surface area contributed by atoms with E-state index in [9.17, 15) is 5.26 Å². The first-order valence-corrected chi connectivity index (χ1v) is 5.46. The van der Waals surface area contributed by atoms with Crippen molar-refractivity contribution >= 4 is 0 Å². The Morgan fingerprint density at radius 2 is 2.00 bits per heavy atom. The predicted molar refractivity (Wildman–Crippen MR) is 64.3 cm³/mol. The molecule has 0 radical (unpaired) electrons. The van der Waals surface area contributed by atoms with E-state index in [1.807, 2.05) is 31.3 Å². The van der Waals surface area contributed by atoms with Crippen LogP contribution in [-0.2, 0) is 0 Å². The van der Waals surface area contributed by atoms with E-state index in [1.165, 1.54) is 0 Å². The second-order valence-electron chi connectivity index (χ2n) is 3.79. The maximum absolute atomic E-state index is 9.18. The topological polar surface area (TPSA) is 36.3 Å². The van der Waals surface area contributed by atoms with Crippen molar-refractivity contribution in [2.75, 3.05) is 20.7 Å². The summed E-state index contributed by atoms with van der Waals surface area (Å²) in [6.07, 6.45) is 1.05. The lowest BCUT2D eigenvalue weighted by atomic mass is 10.1. The van der Waals surface area contributed by atoms with Gasteiger partial charge >= 0.3 is 0 Å². The molecule has 0 fully saturated rings. The molecule has 0 aliphatic heterocycles. The van der Waals surface area contributed by atoms with Gasteiger partial charge in [-0.2, -0.15) is 5.26 Å². The van der Waals surface area contributed by atoms with E-state index in [0.717, 1.165) is 24.3 Å². The van der Waals surface area contributed by atoms with Gasteiger partial charge in [0.2, 0.25) is 0 Å². The molecule has 16 heavy (non-hydrogen) atoms. The summed E-state index contributed by atoms with van der Waals surface area (Å²) in [5, 5.41) is 9.18. The number of ether oxygens (including phenoxy) is 1. The highest BCUT2D eigenvalue weighted by atomic mass is 16.5. The number of benzene rings is 1. The van der Waals surface area contributed by atoms with Crippen LogP contribution >= 0.6 is 0 Å². The van der Waals surface area contributed by atoms with Gasteiger partial charge in [-0.05, 0) is 37.7 Å². The lowest BCUT2D eigenvalue weighted by Crippen LogP contribution is -2.24. The first-order valence-electron chi connectivity index (χ1n) is 5.46. The number of hydrogen-bond acceptors (Lipinski definition) is 3. The third-order valence-electron chi connectivity index (χ3n) is 2.57. The van der Waals surface area contributed by atoms with Crippen molar-refractivity contribution in [2.24, 2.45) is 0 Å². The Balaban J connectivity index is 2.83. The summed E-state index contributed by atoms with van der Waals surface area (Å²) in [5.41, 5.74) is 1.01. The number of methoxy groups -OCH3 is 1. The van der Waals surface area contributed by atoms with Crippen LogP contribution in [0.4, 0.5) is 0 Å². The molecule has 1 aromatic carbocycles. The van der Waals surface area contributed by atoms with Crippen molar-refractivity contribution < 1.29 is 4.74 Å². The molecule has 1 unspecified atom stereocenters. The highest BCUT2D eigenvalue weighted by Crippen LogP contribution is 2.21. The van der Waals surface area contributed by atoms with Gasteiger partial charge in [0.25, 0.3) is 0 Å². The molecule has 0 spiro atoms. The molecule has 1 atom stereocenters. The Morgan fingerprint density at radius 1 is 1.38 bits per heavy atom. The zero-order valence-corrected chi connectivity index (χ0v) is 10.1. The molecule has 86 valence electrons. The van der Waals surface area contributed by atoms with Gasteiger partial charge in [0.15, 0.2) is 0 Å². The zero-order chi connectivity index (χ0) is 12.0. The molecule has 0 amide bonds. The first-order chi connectivity index (χ1) is 7.72. The molecule has 0 aromatic heterocycles. The van der Waals surface area contributed by atoms with Gasteiger partial charge in [-0.1, -0.05) is 19.1 Å². The van der Waals surface area contributed by atoms with Gasteiger partial charge in [-0.15, -0.1) is 0 Å². The highest BCUT2D eigenvalue weighted by molar-refractivity contribution is 5.31. The summed E-state index contributed by atoms with van der Waals surface area (Å²) in [6, 6.07) is 9.81. The van der Waals surface area contributed by atoms with E-state index >= 15 is 0 Å². The number of rotatable bonds is 5. The average molecular weight is 218 g/mol. The fourth-order valence-corrected chi connectivity index (χ4v) is 1.70. The van der Waals surface area contributed by atoms with E-state index in [1.54, 1.807) is 7.11 Å². The molecular formula is C13H18N2O. The Morgan fingerprint density at radius 3 is 2.44 bits per heavy atom. The van der Waals surface area contributed by atoms with Crippen molar-refractivity contribution in [1.29, 1.82) is 5.26 Å². The van der Waals surface area contributed by atoms with Gasteiger partial charge in [0, 0.05) is 0 Å².